The number of halogens is 1. The molecule has 3 aliphatic carbocycles. The Labute approximate surface area is 329 Å². The first kappa shape index (κ1) is 38.8. The van der Waals surface area contributed by atoms with Crippen molar-refractivity contribution in [3.05, 3.63) is 47.0 Å². The molecule has 3 aromatic rings. The molecular formula is C40H48ClN5O8S. The lowest BCUT2D eigenvalue weighted by molar-refractivity contribution is -0.146. The van der Waals surface area contributed by atoms with E-state index in [9.17, 15) is 24.3 Å². The van der Waals surface area contributed by atoms with Gasteiger partial charge in [0.1, 0.15) is 57.1 Å². The number of rotatable bonds is 12. The number of carbonyl (C=O) groups excluding carboxylic acids is 3. The molecule has 3 amide bonds. The number of ether oxygens (including phenoxy) is 3. The second kappa shape index (κ2) is 14.6. The van der Waals surface area contributed by atoms with Gasteiger partial charge in [-0.25, -0.2) is 19.6 Å². The maximum atomic E-state index is 14.6. The number of hydrogen-bond acceptors (Lipinski definition) is 10. The summed E-state index contributed by atoms with van der Waals surface area (Å²) >= 11 is 8.25. The van der Waals surface area contributed by atoms with E-state index in [-0.39, 0.29) is 36.4 Å². The van der Waals surface area contributed by atoms with Gasteiger partial charge in [-0.15, -0.1) is 17.9 Å². The molecule has 4 aliphatic rings. The second-order valence-electron chi connectivity index (χ2n) is 16.7. The van der Waals surface area contributed by atoms with Crippen LogP contribution >= 0.6 is 22.9 Å². The van der Waals surface area contributed by atoms with Crippen molar-refractivity contribution in [3.8, 4) is 22.2 Å². The first-order valence-electron chi connectivity index (χ1n) is 18.8. The van der Waals surface area contributed by atoms with Crippen LogP contribution in [0.15, 0.2) is 36.2 Å². The Morgan fingerprint density at radius 2 is 1.82 bits per heavy atom. The molecule has 2 aromatic heterocycles. The number of methoxy groups -OCH3 is 1. The molecule has 1 unspecified atom stereocenters. The molecule has 7 rings (SSSR count). The third-order valence-corrected chi connectivity index (χ3v) is 12.7. The lowest BCUT2D eigenvalue weighted by Crippen LogP contribution is -2.59. The number of amides is 3. The molecule has 0 radical (unpaired) electrons. The van der Waals surface area contributed by atoms with Crippen molar-refractivity contribution in [3.63, 3.8) is 0 Å². The van der Waals surface area contributed by atoms with Gasteiger partial charge in [-0.3, -0.25) is 9.59 Å². The highest BCUT2D eigenvalue weighted by Crippen LogP contribution is 2.52. The third kappa shape index (κ3) is 7.59. The van der Waals surface area contributed by atoms with Crippen LogP contribution in [0.25, 0.3) is 21.6 Å². The SMILES string of the molecule is C=C[C@@H]1C[C@]1(NC(=O)[C@@H]1C[C@@H](Oc2cc(-c3nc(C(C)C)cs3)nc3c(Cl)c(OC)ccc23)CN1C(=O)[C@@H](NC(=O)OC1C[C@@H]2C[C@@H]2C1)C(C)(C)C)C(=O)O. The summed E-state index contributed by atoms with van der Waals surface area (Å²) in [4.78, 5) is 65.4. The molecule has 4 fully saturated rings. The van der Waals surface area contributed by atoms with Gasteiger partial charge in [0, 0.05) is 29.2 Å². The minimum absolute atomic E-state index is 0.0328. The van der Waals surface area contributed by atoms with E-state index in [4.69, 9.17) is 35.8 Å². The molecule has 15 heteroatoms. The molecular weight excluding hydrogens is 746 g/mol. The topological polar surface area (TPSA) is 169 Å². The Hall–Kier alpha value is -4.43. The Kier molecular flexibility index (Phi) is 10.3. The summed E-state index contributed by atoms with van der Waals surface area (Å²) < 4.78 is 17.9. The van der Waals surface area contributed by atoms with Crippen molar-refractivity contribution in [1.82, 2.24) is 25.5 Å². The highest BCUT2D eigenvalue weighted by atomic mass is 35.5. The number of nitrogens with one attached hydrogen (secondary N) is 2. The summed E-state index contributed by atoms with van der Waals surface area (Å²) in [7, 11) is 1.52. The number of benzene rings is 1. The standard InChI is InChI=1S/C40H48ClN5O8S/c1-8-22-16-40(22,37(49)50)45-34(47)28-14-24(17-46(28)36(48)33(39(4,5)6)44-38(51)54-23-12-20-11-21(20)13-23)53-30-15-26(35-43-27(18-55-35)19(2)3)42-32-25(30)9-10-29(52-7)31(32)41/h8-10,15,18-24,28,33H,1,11-14,16-17H2,2-7H3,(H,44,51)(H,45,47)(H,49,50)/t20-,21+,22-,23?,24-,28+,33-,40-/m1/s1. The van der Waals surface area contributed by atoms with Crippen molar-refractivity contribution in [2.75, 3.05) is 13.7 Å². The van der Waals surface area contributed by atoms with Crippen LogP contribution in [-0.4, -0.2) is 87.3 Å². The largest absolute Gasteiger partial charge is 0.495 e. The van der Waals surface area contributed by atoms with Crippen molar-refractivity contribution in [2.45, 2.75) is 102 Å². The number of aliphatic carboxylic acids is 1. The van der Waals surface area contributed by atoms with E-state index < -0.39 is 58.9 Å². The zero-order valence-electron chi connectivity index (χ0n) is 31.9. The van der Waals surface area contributed by atoms with Gasteiger partial charge in [-0.05, 0) is 61.0 Å². The number of fused-ring (bicyclic) bond motifs is 2. The van der Waals surface area contributed by atoms with E-state index in [0.717, 1.165) is 18.5 Å². The summed E-state index contributed by atoms with van der Waals surface area (Å²) in [5, 5.41) is 19.2. The smallest absolute Gasteiger partial charge is 0.408 e. The quantitative estimate of drug-likeness (QED) is 0.170. The fraction of sp³-hybridized carbons (Fsp3) is 0.550. The van der Waals surface area contributed by atoms with Gasteiger partial charge in [0.15, 0.2) is 0 Å². The van der Waals surface area contributed by atoms with Gasteiger partial charge < -0.3 is 34.9 Å². The molecule has 8 atom stereocenters. The number of carboxylic acid groups (broad SMARTS) is 1. The average molecular weight is 794 g/mol. The normalized spacial score (nSPS) is 27.3. The predicted molar refractivity (Wildman–Crippen MR) is 207 cm³/mol. The fourth-order valence-corrected chi connectivity index (χ4v) is 9.21. The number of thiazole rings is 1. The second-order valence-corrected chi connectivity index (χ2v) is 17.9. The zero-order valence-corrected chi connectivity index (χ0v) is 33.5. The van der Waals surface area contributed by atoms with Crippen LogP contribution in [0.5, 0.6) is 11.5 Å². The van der Waals surface area contributed by atoms with E-state index >= 15 is 0 Å². The number of alkyl carbamates (subject to hydrolysis) is 1. The number of carboxylic acids is 1. The van der Waals surface area contributed by atoms with Crippen molar-refractivity contribution < 1.29 is 38.5 Å². The summed E-state index contributed by atoms with van der Waals surface area (Å²) in [6.07, 6.45) is 2.94. The van der Waals surface area contributed by atoms with Crippen LogP contribution in [0, 0.1) is 23.2 Å². The maximum absolute atomic E-state index is 14.6. The number of pyridine rings is 1. The molecule has 55 heavy (non-hydrogen) atoms. The molecule has 3 heterocycles. The van der Waals surface area contributed by atoms with Gasteiger partial charge in [0.25, 0.3) is 0 Å². The fourth-order valence-electron chi connectivity index (χ4n) is 7.99. The monoisotopic (exact) mass is 793 g/mol. The van der Waals surface area contributed by atoms with E-state index in [1.807, 2.05) is 26.2 Å². The summed E-state index contributed by atoms with van der Waals surface area (Å²) in [6, 6.07) is 3.08. The van der Waals surface area contributed by atoms with Gasteiger partial charge in [0.2, 0.25) is 11.8 Å². The summed E-state index contributed by atoms with van der Waals surface area (Å²) in [6.45, 7) is 13.3. The van der Waals surface area contributed by atoms with E-state index in [0.29, 0.717) is 44.9 Å². The van der Waals surface area contributed by atoms with Crippen LogP contribution in [0.4, 0.5) is 4.79 Å². The van der Waals surface area contributed by atoms with Gasteiger partial charge in [-0.2, -0.15) is 0 Å². The van der Waals surface area contributed by atoms with Crippen molar-refractivity contribution in [2.24, 2.45) is 23.2 Å². The minimum Gasteiger partial charge on any atom is -0.495 e. The molecule has 13 nitrogen and oxygen atoms in total. The van der Waals surface area contributed by atoms with E-state index in [1.165, 1.54) is 35.8 Å². The van der Waals surface area contributed by atoms with Crippen LogP contribution in [0.3, 0.4) is 0 Å². The summed E-state index contributed by atoms with van der Waals surface area (Å²) in [5.41, 5.74) is -0.432. The third-order valence-electron chi connectivity index (χ3n) is 11.4. The molecule has 1 aromatic carbocycles. The van der Waals surface area contributed by atoms with Crippen LogP contribution in [0.1, 0.15) is 78.3 Å². The van der Waals surface area contributed by atoms with Crippen LogP contribution in [0.2, 0.25) is 5.02 Å². The van der Waals surface area contributed by atoms with Crippen molar-refractivity contribution in [1.29, 1.82) is 0 Å². The number of carbonyl (C=O) groups is 4. The maximum Gasteiger partial charge on any atom is 0.408 e. The van der Waals surface area contributed by atoms with E-state index in [2.05, 4.69) is 31.1 Å². The van der Waals surface area contributed by atoms with Crippen molar-refractivity contribution >= 4 is 57.7 Å². The molecule has 1 aliphatic heterocycles. The lowest BCUT2D eigenvalue weighted by atomic mass is 9.85. The number of nitrogens with zero attached hydrogens (tertiary/aromatic N) is 3. The highest BCUT2D eigenvalue weighted by Gasteiger charge is 2.61. The number of likely N-dealkylation sites (tertiary alicyclic amines) is 1. The Morgan fingerprint density at radius 3 is 2.42 bits per heavy atom. The Balaban J connectivity index is 1.21. The van der Waals surface area contributed by atoms with Gasteiger partial charge >= 0.3 is 12.1 Å². The zero-order chi connectivity index (χ0) is 39.6. The number of aromatic nitrogens is 2. The molecule has 3 saturated carbocycles. The van der Waals surface area contributed by atoms with Gasteiger partial charge in [0.05, 0.1) is 24.9 Å². The van der Waals surface area contributed by atoms with E-state index in [1.54, 1.807) is 18.2 Å². The molecule has 0 spiro atoms. The van der Waals surface area contributed by atoms with Crippen LogP contribution < -0.4 is 20.1 Å². The summed E-state index contributed by atoms with van der Waals surface area (Å²) in [5.74, 6) is -0.546. The van der Waals surface area contributed by atoms with Gasteiger partial charge in [-0.1, -0.05) is 52.3 Å². The average Bonchev–Trinajstić information content (AvgIpc) is 3.77. The predicted octanol–water partition coefficient (Wildman–Crippen LogP) is 6.58. The molecule has 0 bridgehead atoms. The molecule has 1 saturated heterocycles. The number of hydrogen-bond donors (Lipinski definition) is 3. The first-order valence-corrected chi connectivity index (χ1v) is 20.0. The Bertz CT molecular complexity index is 2040. The Morgan fingerprint density at radius 1 is 1.09 bits per heavy atom. The molecule has 294 valence electrons. The lowest BCUT2D eigenvalue weighted by Gasteiger charge is -2.35. The molecule has 3 N–H and O–H groups in total. The highest BCUT2D eigenvalue weighted by molar-refractivity contribution is 7.13. The minimum atomic E-state index is -1.52. The first-order chi connectivity index (χ1) is 26.0. The van der Waals surface area contributed by atoms with Crippen LogP contribution in [-0.2, 0) is 19.1 Å².